The van der Waals surface area contributed by atoms with Crippen molar-refractivity contribution in [1.29, 1.82) is 0 Å². The van der Waals surface area contributed by atoms with Gasteiger partial charge in [0, 0.05) is 4.88 Å². The minimum atomic E-state index is 0.230. The Kier molecular flexibility index (Phi) is 3.87. The number of aryl methyl sites for hydroxylation is 2. The average Bonchev–Trinajstić information content (AvgIpc) is 2.76. The molecule has 0 fully saturated rings. The first kappa shape index (κ1) is 12.9. The highest BCUT2D eigenvalue weighted by molar-refractivity contribution is 7.09. The summed E-state index contributed by atoms with van der Waals surface area (Å²) in [6.07, 6.45) is 0. The molecule has 0 aliphatic carbocycles. The van der Waals surface area contributed by atoms with Crippen LogP contribution in [0.15, 0.2) is 23.7 Å². The lowest BCUT2D eigenvalue weighted by Crippen LogP contribution is -2.07. The molecule has 0 saturated heterocycles. The van der Waals surface area contributed by atoms with Gasteiger partial charge < -0.3 is 10.1 Å². The molecule has 0 spiro atoms. The van der Waals surface area contributed by atoms with E-state index in [0.29, 0.717) is 0 Å². The molecule has 18 heavy (non-hydrogen) atoms. The molecule has 1 atom stereocenters. The van der Waals surface area contributed by atoms with Crippen molar-refractivity contribution in [3.63, 3.8) is 0 Å². The van der Waals surface area contributed by atoms with Crippen LogP contribution in [0.5, 0.6) is 5.75 Å². The van der Waals surface area contributed by atoms with E-state index in [0.717, 1.165) is 17.1 Å². The van der Waals surface area contributed by atoms with Gasteiger partial charge in [-0.3, -0.25) is 0 Å². The fourth-order valence-electron chi connectivity index (χ4n) is 1.96. The number of nitrogens with one attached hydrogen (secondary N) is 1. The van der Waals surface area contributed by atoms with Crippen molar-refractivity contribution in [2.45, 2.75) is 26.8 Å². The summed E-state index contributed by atoms with van der Waals surface area (Å²) in [5.74, 6) is 0.870. The second kappa shape index (κ2) is 5.40. The van der Waals surface area contributed by atoms with E-state index in [1.165, 1.54) is 10.4 Å². The fourth-order valence-corrected chi connectivity index (χ4v) is 2.77. The lowest BCUT2D eigenvalue weighted by atomic mass is 10.1. The summed E-state index contributed by atoms with van der Waals surface area (Å²) in [6.45, 7) is 6.26. The predicted octanol–water partition coefficient (Wildman–Crippen LogP) is 3.94. The second-order valence-electron chi connectivity index (χ2n) is 4.37. The smallest absolute Gasteiger partial charge is 0.141 e. The van der Waals surface area contributed by atoms with Crippen LogP contribution in [0.2, 0.25) is 0 Å². The first-order valence-electron chi connectivity index (χ1n) is 5.93. The van der Waals surface area contributed by atoms with E-state index in [4.69, 9.17) is 4.74 Å². The van der Waals surface area contributed by atoms with Gasteiger partial charge in [0.25, 0.3) is 0 Å². The summed E-state index contributed by atoms with van der Waals surface area (Å²) in [5, 5.41) is 3.49. The van der Waals surface area contributed by atoms with Gasteiger partial charge in [-0.1, -0.05) is 6.07 Å². The van der Waals surface area contributed by atoms with Crippen molar-refractivity contribution in [3.05, 3.63) is 39.8 Å². The molecular formula is C14H18N2OS. The Morgan fingerprint density at radius 3 is 2.72 bits per heavy atom. The normalized spacial score (nSPS) is 12.2. The van der Waals surface area contributed by atoms with Crippen molar-refractivity contribution in [1.82, 2.24) is 4.98 Å². The Bertz CT molecular complexity index is 536. The molecular weight excluding hydrogens is 244 g/mol. The van der Waals surface area contributed by atoms with E-state index < -0.39 is 0 Å². The number of nitrogens with zero attached hydrogens (tertiary/aromatic N) is 1. The van der Waals surface area contributed by atoms with Gasteiger partial charge in [-0.05, 0) is 38.5 Å². The van der Waals surface area contributed by atoms with Crippen molar-refractivity contribution in [3.8, 4) is 5.75 Å². The fraction of sp³-hybridized carbons (Fsp3) is 0.357. The summed E-state index contributed by atoms with van der Waals surface area (Å²) in [6, 6.07) is 6.37. The van der Waals surface area contributed by atoms with Gasteiger partial charge >= 0.3 is 0 Å². The van der Waals surface area contributed by atoms with E-state index in [1.54, 1.807) is 18.4 Å². The van der Waals surface area contributed by atoms with Gasteiger partial charge in [0.15, 0.2) is 0 Å². The summed E-state index contributed by atoms with van der Waals surface area (Å²) in [5.41, 5.74) is 5.21. The van der Waals surface area contributed by atoms with E-state index in [1.807, 2.05) is 24.6 Å². The maximum absolute atomic E-state index is 5.37. The van der Waals surface area contributed by atoms with E-state index in [-0.39, 0.29) is 6.04 Å². The maximum atomic E-state index is 5.37. The highest BCUT2D eigenvalue weighted by Crippen LogP contribution is 2.31. The first-order chi connectivity index (χ1) is 8.61. The van der Waals surface area contributed by atoms with Gasteiger partial charge in [-0.2, -0.15) is 0 Å². The molecule has 2 rings (SSSR count). The average molecular weight is 262 g/mol. The molecule has 0 aliphatic rings. The molecule has 0 bridgehead atoms. The minimum absolute atomic E-state index is 0.230. The van der Waals surface area contributed by atoms with Crippen molar-refractivity contribution < 1.29 is 4.74 Å². The lowest BCUT2D eigenvalue weighted by Gasteiger charge is -2.17. The van der Waals surface area contributed by atoms with Crippen LogP contribution in [0, 0.1) is 13.8 Å². The summed E-state index contributed by atoms with van der Waals surface area (Å²) < 4.78 is 5.37. The molecule has 1 aromatic heterocycles. The molecule has 0 radical (unpaired) electrons. The first-order valence-corrected chi connectivity index (χ1v) is 6.81. The number of methoxy groups -OCH3 is 1. The number of ether oxygens (including phenoxy) is 1. The van der Waals surface area contributed by atoms with Gasteiger partial charge in [-0.25, -0.2) is 4.98 Å². The SMILES string of the molecule is COc1ccc(C)cc1NC(C)c1scnc1C. The predicted molar refractivity (Wildman–Crippen MR) is 76.6 cm³/mol. The molecule has 3 nitrogen and oxygen atoms in total. The van der Waals surface area contributed by atoms with Gasteiger partial charge in [0.05, 0.1) is 30.0 Å². The third-order valence-corrected chi connectivity index (χ3v) is 4.02. The van der Waals surface area contributed by atoms with Crippen LogP contribution < -0.4 is 10.1 Å². The van der Waals surface area contributed by atoms with Crippen molar-refractivity contribution in [2.75, 3.05) is 12.4 Å². The van der Waals surface area contributed by atoms with E-state index in [2.05, 4.69) is 30.2 Å². The Morgan fingerprint density at radius 2 is 2.11 bits per heavy atom. The number of thiazole rings is 1. The van der Waals surface area contributed by atoms with E-state index in [9.17, 15) is 0 Å². The molecule has 96 valence electrons. The zero-order valence-corrected chi connectivity index (χ0v) is 12.0. The largest absolute Gasteiger partial charge is 0.495 e. The number of benzene rings is 1. The van der Waals surface area contributed by atoms with Crippen molar-refractivity contribution >= 4 is 17.0 Å². The maximum Gasteiger partial charge on any atom is 0.141 e. The third kappa shape index (κ3) is 2.64. The molecule has 4 heteroatoms. The Labute approximate surface area is 112 Å². The molecule has 1 N–H and O–H groups in total. The second-order valence-corrected chi connectivity index (χ2v) is 5.26. The number of hydrogen-bond donors (Lipinski definition) is 1. The number of aromatic nitrogens is 1. The van der Waals surface area contributed by atoms with Crippen LogP contribution in [0.3, 0.4) is 0 Å². The van der Waals surface area contributed by atoms with E-state index >= 15 is 0 Å². The van der Waals surface area contributed by atoms with Crippen LogP contribution >= 0.6 is 11.3 Å². The highest BCUT2D eigenvalue weighted by atomic mass is 32.1. The highest BCUT2D eigenvalue weighted by Gasteiger charge is 2.13. The summed E-state index contributed by atoms with van der Waals surface area (Å²) in [7, 11) is 1.69. The number of rotatable bonds is 4. The number of hydrogen-bond acceptors (Lipinski definition) is 4. The lowest BCUT2D eigenvalue weighted by molar-refractivity contribution is 0.416. The quantitative estimate of drug-likeness (QED) is 0.906. The van der Waals surface area contributed by atoms with Gasteiger partial charge in [-0.15, -0.1) is 11.3 Å². The number of anilines is 1. The van der Waals surface area contributed by atoms with Crippen LogP contribution in [0.25, 0.3) is 0 Å². The third-order valence-electron chi connectivity index (χ3n) is 2.90. The summed E-state index contributed by atoms with van der Waals surface area (Å²) in [4.78, 5) is 5.55. The van der Waals surface area contributed by atoms with Gasteiger partial charge in [0.1, 0.15) is 5.75 Å². The molecule has 0 aliphatic heterocycles. The van der Waals surface area contributed by atoms with Crippen LogP contribution in [0.4, 0.5) is 5.69 Å². The Hall–Kier alpha value is -1.55. The topological polar surface area (TPSA) is 34.1 Å². The molecule has 1 aromatic carbocycles. The zero-order chi connectivity index (χ0) is 13.1. The molecule has 1 unspecified atom stereocenters. The molecule has 2 aromatic rings. The minimum Gasteiger partial charge on any atom is -0.495 e. The van der Waals surface area contributed by atoms with Crippen LogP contribution in [-0.4, -0.2) is 12.1 Å². The molecule has 0 saturated carbocycles. The van der Waals surface area contributed by atoms with Crippen molar-refractivity contribution in [2.24, 2.45) is 0 Å². The molecule has 1 heterocycles. The molecule has 0 amide bonds. The summed E-state index contributed by atoms with van der Waals surface area (Å²) >= 11 is 1.68. The monoisotopic (exact) mass is 262 g/mol. The van der Waals surface area contributed by atoms with Gasteiger partial charge in [0.2, 0.25) is 0 Å². The Balaban J connectivity index is 2.23. The zero-order valence-electron chi connectivity index (χ0n) is 11.2. The Morgan fingerprint density at radius 1 is 1.33 bits per heavy atom. The van der Waals surface area contributed by atoms with Crippen LogP contribution in [0.1, 0.15) is 29.1 Å². The standard InChI is InChI=1S/C14H18N2OS/c1-9-5-6-13(17-4)12(7-9)16-11(3)14-10(2)15-8-18-14/h5-8,11,16H,1-4H3. The van der Waals surface area contributed by atoms with Crippen LogP contribution in [-0.2, 0) is 0 Å².